The second-order valence-corrected chi connectivity index (χ2v) is 24.6. The Morgan fingerprint density at radius 2 is 1.40 bits per heavy atom. The van der Waals surface area contributed by atoms with E-state index in [1.165, 1.54) is 0 Å². The number of rotatable bonds is 13. The zero-order chi connectivity index (χ0) is 43.8. The van der Waals surface area contributed by atoms with Crippen LogP contribution in [0.3, 0.4) is 0 Å². The van der Waals surface area contributed by atoms with Crippen LogP contribution in [0.1, 0.15) is 171 Å². The molecule has 0 aromatic heterocycles. The molecule has 2 spiro atoms. The largest absolute Gasteiger partial charge is 0.343 e. The molecule has 2 aliphatic heterocycles. The molecule has 7 rings (SSSR count). The Morgan fingerprint density at radius 1 is 0.767 bits per heavy atom. The van der Waals surface area contributed by atoms with E-state index in [0.717, 1.165) is 83.6 Å². The molecule has 7 fully saturated rings. The lowest BCUT2D eigenvalue weighted by molar-refractivity contribution is -0.145. The molecular weight excluding hydrogens is 781 g/mol. The number of carbonyl (C=O) groups excluding carboxylic acids is 5. The Morgan fingerprint density at radius 3 is 1.92 bits per heavy atom. The lowest BCUT2D eigenvalue weighted by Crippen LogP contribution is -2.63. The number of likely N-dealkylation sites (tertiary alicyclic amines) is 2. The molecule has 0 bridgehead atoms. The number of hydrogen-bond donors (Lipinski definition) is 4. The number of amides is 5. The minimum absolute atomic E-state index is 0.000275. The van der Waals surface area contributed by atoms with Crippen molar-refractivity contribution in [3.8, 4) is 0 Å². The summed E-state index contributed by atoms with van der Waals surface area (Å²) in [6, 6.07) is -2.84. The second-order valence-electron chi connectivity index (χ2n) is 22.4. The van der Waals surface area contributed by atoms with Crippen molar-refractivity contribution >= 4 is 39.6 Å². The number of nitrogens with zero attached hydrogens (tertiary/aromatic N) is 2. The smallest absolute Gasteiger partial charge is 0.259 e. The van der Waals surface area contributed by atoms with Crippen LogP contribution in [0, 0.1) is 33.5 Å². The van der Waals surface area contributed by atoms with Gasteiger partial charge in [-0.05, 0) is 120 Å². The summed E-state index contributed by atoms with van der Waals surface area (Å²) >= 11 is 0. The first-order chi connectivity index (χ1) is 28.0. The number of hydrogen-bond acceptors (Lipinski definition) is 8. The van der Waals surface area contributed by atoms with Crippen molar-refractivity contribution in [2.24, 2.45) is 33.5 Å². The molecule has 2 saturated heterocycles. The first-order valence-corrected chi connectivity index (χ1v) is 25.1. The lowest BCUT2D eigenvalue weighted by atomic mass is 9.73. The Hall–Kier alpha value is -2.74. The third-order valence-electron chi connectivity index (χ3n) is 17.6. The van der Waals surface area contributed by atoms with Gasteiger partial charge in [0.2, 0.25) is 33.7 Å². The van der Waals surface area contributed by atoms with Gasteiger partial charge in [0.05, 0.1) is 10.8 Å². The van der Waals surface area contributed by atoms with Gasteiger partial charge in [0.15, 0.2) is 0 Å². The standard InChI is InChI=1S/C46H76N6O7S/c1-10-31-26-46(31,40(57)50-60(58,59)43(9)21-16-22-43)49-37(54)33-27-45(42(7,8)44(45)23-17-24-44)28-52(33)39(56)35(41(4,5)6)48-38(55)34(30-18-12-11-13-19-30)47-36(53)32-20-14-15-25-51(32)29(2)3/h29-35H,10-28H2,1-9H3,(H,47,53)(H,48,55)(H,49,54)(H,50,57)/t31-,32+,33+,34+,35-,45-,46-/m1/s1. The predicted molar refractivity (Wildman–Crippen MR) is 231 cm³/mol. The summed E-state index contributed by atoms with van der Waals surface area (Å²) in [5.74, 6) is -2.31. The summed E-state index contributed by atoms with van der Waals surface area (Å²) in [6.45, 7) is 19.2. The average Bonchev–Trinajstić information content (AvgIpc) is 3.89. The van der Waals surface area contributed by atoms with Gasteiger partial charge in [0, 0.05) is 18.0 Å². The Labute approximate surface area is 359 Å². The van der Waals surface area contributed by atoms with E-state index < -0.39 is 55.7 Å². The summed E-state index contributed by atoms with van der Waals surface area (Å²) in [6.07, 6.45) is 13.6. The third kappa shape index (κ3) is 7.30. The fourth-order valence-electron chi connectivity index (χ4n) is 13.0. The number of nitrogens with one attached hydrogen (secondary N) is 4. The molecule has 0 aromatic carbocycles. The monoisotopic (exact) mass is 857 g/mol. The molecule has 13 nitrogen and oxygen atoms in total. The van der Waals surface area contributed by atoms with Gasteiger partial charge < -0.3 is 20.9 Å². The van der Waals surface area contributed by atoms with Gasteiger partial charge >= 0.3 is 0 Å². The SMILES string of the molecule is CC[C@@H]1C[C@]1(NC(=O)[C@@H]1C[C@@]2(CN1C(=O)[C@@H](NC(=O)[C@@H](NC(=O)[C@@H]1CCCCN1C(C)C)C1CCCCC1)C(C)(C)C)C(C)(C)C21CCC1)C(=O)NS(=O)(=O)C1(C)CCC1. The van der Waals surface area contributed by atoms with E-state index in [4.69, 9.17) is 0 Å². The molecule has 14 heteroatoms. The maximum absolute atomic E-state index is 15.3. The maximum Gasteiger partial charge on any atom is 0.259 e. The van der Waals surface area contributed by atoms with E-state index in [9.17, 15) is 27.6 Å². The molecule has 0 aromatic rings. The van der Waals surface area contributed by atoms with E-state index >= 15 is 4.79 Å². The number of fused-ring (bicyclic) bond motifs is 1. The molecule has 4 N–H and O–H groups in total. The molecule has 5 amide bonds. The molecule has 7 aliphatic rings. The van der Waals surface area contributed by atoms with Gasteiger partial charge in [-0.1, -0.05) is 86.5 Å². The van der Waals surface area contributed by atoms with Crippen molar-refractivity contribution in [1.29, 1.82) is 0 Å². The van der Waals surface area contributed by atoms with E-state index in [-0.39, 0.29) is 57.9 Å². The highest BCUT2D eigenvalue weighted by Crippen LogP contribution is 2.88. The Bertz CT molecular complexity index is 1830. The molecular formula is C46H76N6O7S. The fourth-order valence-corrected chi connectivity index (χ4v) is 14.5. The Kier molecular flexibility index (Phi) is 11.9. The Balaban J connectivity index is 1.15. The second kappa shape index (κ2) is 15.8. The van der Waals surface area contributed by atoms with Crippen LogP contribution in [0.5, 0.6) is 0 Å². The number of carbonyl (C=O) groups is 5. The normalized spacial score (nSPS) is 33.0. The minimum Gasteiger partial charge on any atom is -0.343 e. The van der Waals surface area contributed by atoms with Crippen molar-refractivity contribution in [1.82, 2.24) is 30.5 Å². The summed E-state index contributed by atoms with van der Waals surface area (Å²) < 4.78 is 28.2. The van der Waals surface area contributed by atoms with Crippen molar-refractivity contribution in [2.75, 3.05) is 13.1 Å². The third-order valence-corrected chi connectivity index (χ3v) is 19.8. The maximum atomic E-state index is 15.3. The van der Waals surface area contributed by atoms with Crippen LogP contribution in [-0.4, -0.2) is 101 Å². The number of piperidine rings is 1. The highest BCUT2D eigenvalue weighted by atomic mass is 32.2. The van der Waals surface area contributed by atoms with Crippen molar-refractivity contribution in [2.45, 2.75) is 212 Å². The van der Waals surface area contributed by atoms with Crippen LogP contribution in [0.2, 0.25) is 0 Å². The molecule has 2 heterocycles. The van der Waals surface area contributed by atoms with E-state index in [1.54, 1.807) is 11.8 Å². The predicted octanol–water partition coefficient (Wildman–Crippen LogP) is 5.32. The van der Waals surface area contributed by atoms with Crippen molar-refractivity contribution in [3.63, 3.8) is 0 Å². The summed E-state index contributed by atoms with van der Waals surface area (Å²) in [7, 11) is -3.97. The molecule has 0 unspecified atom stereocenters. The van der Waals surface area contributed by atoms with Crippen LogP contribution in [0.4, 0.5) is 0 Å². The van der Waals surface area contributed by atoms with Crippen LogP contribution < -0.4 is 20.7 Å². The molecule has 0 radical (unpaired) electrons. The van der Waals surface area contributed by atoms with E-state index in [1.807, 2.05) is 27.7 Å². The van der Waals surface area contributed by atoms with Gasteiger partial charge in [-0.2, -0.15) is 0 Å². The average molecular weight is 857 g/mol. The molecule has 60 heavy (non-hydrogen) atoms. The van der Waals surface area contributed by atoms with Crippen LogP contribution >= 0.6 is 0 Å². The molecule has 5 saturated carbocycles. The molecule has 5 aliphatic carbocycles. The fraction of sp³-hybridized carbons (Fsp3) is 0.891. The quantitative estimate of drug-likeness (QED) is 0.193. The minimum atomic E-state index is -3.97. The van der Waals surface area contributed by atoms with Crippen molar-refractivity contribution in [3.05, 3.63) is 0 Å². The van der Waals surface area contributed by atoms with Gasteiger partial charge in [-0.25, -0.2) is 8.42 Å². The van der Waals surface area contributed by atoms with Crippen LogP contribution in [-0.2, 0) is 34.0 Å². The highest BCUT2D eigenvalue weighted by molar-refractivity contribution is 7.91. The summed E-state index contributed by atoms with van der Waals surface area (Å²) in [5, 5.41) is 9.45. The zero-order valence-electron chi connectivity index (χ0n) is 38.1. The van der Waals surface area contributed by atoms with E-state index in [0.29, 0.717) is 38.6 Å². The highest BCUT2D eigenvalue weighted by Gasteiger charge is 2.85. The van der Waals surface area contributed by atoms with Gasteiger partial charge in [-0.15, -0.1) is 0 Å². The summed E-state index contributed by atoms with van der Waals surface area (Å²) in [4.78, 5) is 76.9. The summed E-state index contributed by atoms with van der Waals surface area (Å²) in [5.41, 5.74) is -2.58. The van der Waals surface area contributed by atoms with Crippen LogP contribution in [0.25, 0.3) is 0 Å². The molecule has 338 valence electrons. The van der Waals surface area contributed by atoms with E-state index in [2.05, 4.69) is 53.3 Å². The van der Waals surface area contributed by atoms with Gasteiger partial charge in [-0.3, -0.25) is 33.6 Å². The number of sulfonamides is 1. The van der Waals surface area contributed by atoms with Gasteiger partial charge in [0.1, 0.15) is 23.7 Å². The van der Waals surface area contributed by atoms with Gasteiger partial charge in [0.25, 0.3) is 5.91 Å². The lowest BCUT2D eigenvalue weighted by Gasteiger charge is -2.40. The first-order valence-electron chi connectivity index (χ1n) is 23.6. The van der Waals surface area contributed by atoms with Crippen LogP contribution in [0.15, 0.2) is 0 Å². The molecule has 7 atom stereocenters. The van der Waals surface area contributed by atoms with Crippen molar-refractivity contribution < 1.29 is 32.4 Å². The first kappa shape index (κ1) is 45.3. The zero-order valence-corrected chi connectivity index (χ0v) is 39.0. The topological polar surface area (TPSA) is 174 Å².